The predicted molar refractivity (Wildman–Crippen MR) is 104 cm³/mol. The summed E-state index contributed by atoms with van der Waals surface area (Å²) in [4.78, 5) is 2.47. The Morgan fingerprint density at radius 2 is 1.92 bits per heavy atom. The Kier molecular flexibility index (Phi) is 3.32. The van der Waals surface area contributed by atoms with Crippen LogP contribution in [0.25, 0.3) is 10.9 Å². The molecule has 5 rings (SSSR count). The van der Waals surface area contributed by atoms with E-state index in [1.807, 2.05) is 6.07 Å². The maximum absolute atomic E-state index is 6.33. The molecule has 3 heteroatoms. The summed E-state index contributed by atoms with van der Waals surface area (Å²) in [5.74, 6) is 0.582. The van der Waals surface area contributed by atoms with Crippen LogP contribution in [0.5, 0.6) is 0 Å². The van der Waals surface area contributed by atoms with Crippen LogP contribution < -0.4 is 0 Å². The highest BCUT2D eigenvalue weighted by Gasteiger charge is 2.41. The van der Waals surface area contributed by atoms with Crippen molar-refractivity contribution in [3.8, 4) is 0 Å². The predicted octanol–water partition coefficient (Wildman–Crippen LogP) is 5.19. The van der Waals surface area contributed by atoms with Crippen molar-refractivity contribution in [2.45, 2.75) is 37.8 Å². The highest BCUT2D eigenvalue weighted by molar-refractivity contribution is 6.31. The lowest BCUT2D eigenvalue weighted by atomic mass is 9.71. The molecule has 2 aromatic carbocycles. The molecule has 3 aromatic rings. The molecular formula is C22H23ClN2. The standard InChI is InChI=1S/C22H23ClN2/c1-22(16-6-4-3-5-7-16)11-15-12-24(2)13-19-18-10-17(23)8-9-20(18)25(14-22)21(15)19/h3-10,15H,11-14H2,1-2H3. The van der Waals surface area contributed by atoms with Gasteiger partial charge in [-0.1, -0.05) is 48.9 Å². The van der Waals surface area contributed by atoms with Gasteiger partial charge in [-0.15, -0.1) is 0 Å². The molecule has 0 radical (unpaired) electrons. The van der Waals surface area contributed by atoms with E-state index in [4.69, 9.17) is 11.6 Å². The molecule has 2 nitrogen and oxygen atoms in total. The lowest BCUT2D eigenvalue weighted by Gasteiger charge is -2.44. The minimum atomic E-state index is 0.167. The van der Waals surface area contributed by atoms with Crippen molar-refractivity contribution in [3.05, 3.63) is 70.4 Å². The number of aromatic nitrogens is 1. The molecule has 0 saturated heterocycles. The maximum atomic E-state index is 6.33. The fourth-order valence-electron chi connectivity index (χ4n) is 5.18. The zero-order valence-electron chi connectivity index (χ0n) is 14.8. The number of halogens is 1. The van der Waals surface area contributed by atoms with Crippen LogP contribution in [0.2, 0.25) is 5.02 Å². The molecule has 0 aliphatic carbocycles. The van der Waals surface area contributed by atoms with Crippen molar-refractivity contribution in [3.63, 3.8) is 0 Å². The first-order valence-electron chi connectivity index (χ1n) is 9.10. The fraction of sp³-hybridized carbons (Fsp3) is 0.364. The van der Waals surface area contributed by atoms with Gasteiger partial charge in [-0.2, -0.15) is 0 Å². The van der Waals surface area contributed by atoms with Gasteiger partial charge >= 0.3 is 0 Å². The van der Waals surface area contributed by atoms with E-state index in [2.05, 4.69) is 65.9 Å². The molecule has 2 aliphatic rings. The fourth-order valence-corrected chi connectivity index (χ4v) is 5.36. The van der Waals surface area contributed by atoms with E-state index in [-0.39, 0.29) is 5.41 Å². The summed E-state index contributed by atoms with van der Waals surface area (Å²) < 4.78 is 2.59. The first-order chi connectivity index (χ1) is 12.0. The normalized spacial score (nSPS) is 26.0. The number of nitrogens with zero attached hydrogens (tertiary/aromatic N) is 2. The minimum Gasteiger partial charge on any atom is -0.343 e. The Morgan fingerprint density at radius 1 is 1.12 bits per heavy atom. The molecule has 2 atom stereocenters. The van der Waals surface area contributed by atoms with Gasteiger partial charge in [0.1, 0.15) is 0 Å². The number of likely N-dealkylation sites (N-methyl/N-ethyl adjacent to an activating group) is 1. The Balaban J connectivity index is 1.75. The van der Waals surface area contributed by atoms with E-state index in [0.29, 0.717) is 5.92 Å². The molecule has 3 heterocycles. The van der Waals surface area contributed by atoms with Crippen molar-refractivity contribution in [2.75, 3.05) is 13.6 Å². The van der Waals surface area contributed by atoms with Crippen LogP contribution in [-0.2, 0) is 18.5 Å². The van der Waals surface area contributed by atoms with Gasteiger partial charge in [0.25, 0.3) is 0 Å². The molecule has 0 saturated carbocycles. The second kappa shape index (κ2) is 5.36. The third-order valence-electron chi connectivity index (χ3n) is 6.20. The summed E-state index contributed by atoms with van der Waals surface area (Å²) in [6.45, 7) is 5.64. The lowest BCUT2D eigenvalue weighted by Crippen LogP contribution is -2.42. The lowest BCUT2D eigenvalue weighted by molar-refractivity contribution is 0.209. The molecule has 0 fully saturated rings. The summed E-state index contributed by atoms with van der Waals surface area (Å²) in [7, 11) is 2.24. The van der Waals surface area contributed by atoms with Gasteiger partial charge in [-0.05, 0) is 42.8 Å². The van der Waals surface area contributed by atoms with E-state index in [9.17, 15) is 0 Å². The topological polar surface area (TPSA) is 8.17 Å². The van der Waals surface area contributed by atoms with Crippen LogP contribution in [0.4, 0.5) is 0 Å². The summed E-state index contributed by atoms with van der Waals surface area (Å²) >= 11 is 6.33. The monoisotopic (exact) mass is 350 g/mol. The number of hydrogen-bond donors (Lipinski definition) is 0. The van der Waals surface area contributed by atoms with Crippen LogP contribution in [0.15, 0.2) is 48.5 Å². The highest BCUT2D eigenvalue weighted by Crippen LogP contribution is 2.48. The van der Waals surface area contributed by atoms with Gasteiger partial charge in [-0.25, -0.2) is 0 Å². The van der Waals surface area contributed by atoms with Gasteiger partial charge in [0.05, 0.1) is 0 Å². The number of fused-ring (bicyclic) bond motifs is 3. The van der Waals surface area contributed by atoms with Crippen LogP contribution >= 0.6 is 11.6 Å². The van der Waals surface area contributed by atoms with E-state index in [1.165, 1.54) is 28.5 Å². The Labute approximate surface area is 154 Å². The van der Waals surface area contributed by atoms with Crippen LogP contribution in [0.3, 0.4) is 0 Å². The SMILES string of the molecule is CN1Cc2c3n(c4ccc(Cl)cc24)CC(C)(c2ccccc2)CC3C1. The largest absolute Gasteiger partial charge is 0.343 e. The van der Waals surface area contributed by atoms with Crippen molar-refractivity contribution >= 4 is 22.5 Å². The Morgan fingerprint density at radius 3 is 2.72 bits per heavy atom. The zero-order chi connectivity index (χ0) is 17.2. The average molecular weight is 351 g/mol. The highest BCUT2D eigenvalue weighted by atomic mass is 35.5. The maximum Gasteiger partial charge on any atom is 0.0487 e. The van der Waals surface area contributed by atoms with Crippen molar-refractivity contribution < 1.29 is 0 Å². The van der Waals surface area contributed by atoms with Crippen molar-refractivity contribution in [1.29, 1.82) is 0 Å². The van der Waals surface area contributed by atoms with Crippen LogP contribution in [-0.4, -0.2) is 23.1 Å². The molecule has 2 aliphatic heterocycles. The molecule has 0 bridgehead atoms. The Bertz CT molecular complexity index is 959. The average Bonchev–Trinajstić information content (AvgIpc) is 2.89. The summed E-state index contributed by atoms with van der Waals surface area (Å²) in [5, 5.41) is 2.18. The summed E-state index contributed by atoms with van der Waals surface area (Å²) in [6.07, 6.45) is 1.21. The zero-order valence-corrected chi connectivity index (χ0v) is 15.6. The van der Waals surface area contributed by atoms with Gasteiger partial charge in [0, 0.05) is 52.6 Å². The van der Waals surface area contributed by atoms with Crippen molar-refractivity contribution in [1.82, 2.24) is 9.47 Å². The van der Waals surface area contributed by atoms with Crippen LogP contribution in [0, 0.1) is 0 Å². The molecule has 2 unspecified atom stereocenters. The van der Waals surface area contributed by atoms with Gasteiger partial charge < -0.3 is 9.47 Å². The van der Waals surface area contributed by atoms with Gasteiger partial charge in [0.2, 0.25) is 0 Å². The van der Waals surface area contributed by atoms with E-state index in [0.717, 1.165) is 24.7 Å². The molecule has 0 amide bonds. The molecule has 128 valence electrons. The second-order valence-corrected chi connectivity index (χ2v) is 8.57. The quantitative estimate of drug-likeness (QED) is 0.586. The number of rotatable bonds is 1. The van der Waals surface area contributed by atoms with Crippen LogP contribution in [0.1, 0.15) is 36.1 Å². The first-order valence-corrected chi connectivity index (χ1v) is 9.47. The summed E-state index contributed by atoms with van der Waals surface area (Å²) in [6, 6.07) is 17.4. The third-order valence-corrected chi connectivity index (χ3v) is 6.43. The van der Waals surface area contributed by atoms with Gasteiger partial charge in [0.15, 0.2) is 0 Å². The van der Waals surface area contributed by atoms with Crippen molar-refractivity contribution in [2.24, 2.45) is 0 Å². The second-order valence-electron chi connectivity index (χ2n) is 8.14. The molecule has 25 heavy (non-hydrogen) atoms. The molecule has 1 aromatic heterocycles. The molecule has 0 N–H and O–H groups in total. The first kappa shape index (κ1) is 15.5. The van der Waals surface area contributed by atoms with E-state index < -0.39 is 0 Å². The molecule has 0 spiro atoms. The summed E-state index contributed by atoms with van der Waals surface area (Å²) in [5.41, 5.74) is 6.01. The minimum absolute atomic E-state index is 0.167. The number of hydrogen-bond acceptors (Lipinski definition) is 1. The smallest absolute Gasteiger partial charge is 0.0487 e. The van der Waals surface area contributed by atoms with Gasteiger partial charge in [-0.3, -0.25) is 0 Å². The van der Waals surface area contributed by atoms with E-state index in [1.54, 1.807) is 5.69 Å². The molecular weight excluding hydrogens is 328 g/mol. The van der Waals surface area contributed by atoms with E-state index >= 15 is 0 Å². The third kappa shape index (κ3) is 2.28. The number of benzene rings is 2. The Hall–Kier alpha value is -1.77.